The van der Waals surface area contributed by atoms with E-state index in [4.69, 9.17) is 16.3 Å². The van der Waals surface area contributed by atoms with Gasteiger partial charge in [0.05, 0.1) is 6.10 Å². The van der Waals surface area contributed by atoms with Gasteiger partial charge in [-0.2, -0.15) is 0 Å². The van der Waals surface area contributed by atoms with Gasteiger partial charge in [0.1, 0.15) is 6.42 Å². The van der Waals surface area contributed by atoms with Gasteiger partial charge in [-0.1, -0.05) is 11.8 Å². The summed E-state index contributed by atoms with van der Waals surface area (Å²) in [5, 5.41) is 0. The topological polar surface area (TPSA) is 12.5 Å². The fraction of sp³-hybridized carbons (Fsp3) is 1.00. The molecule has 0 radical (unpaired) electrons. The van der Waals surface area contributed by atoms with E-state index in [0.29, 0.717) is 6.10 Å². The largest absolute Gasteiger partial charge is 0.335 e. The molecule has 1 aliphatic heterocycles. The van der Waals surface area contributed by atoms with Crippen molar-refractivity contribution in [2.45, 2.75) is 19.4 Å². The molecule has 2 unspecified atom stereocenters. The second-order valence-corrected chi connectivity index (χ2v) is 7.36. The predicted octanol–water partition coefficient (Wildman–Crippen LogP) is 1.67. The van der Waals surface area contributed by atoms with Crippen molar-refractivity contribution < 1.29 is 4.52 Å². The zero-order valence-corrected chi connectivity index (χ0v) is 8.41. The normalized spacial score (nSPS) is 41.0. The van der Waals surface area contributed by atoms with E-state index in [0.717, 1.165) is 12.6 Å². The van der Waals surface area contributed by atoms with Crippen LogP contribution in [-0.4, -0.2) is 31.0 Å². The molecule has 0 aromatic carbocycles. The van der Waals surface area contributed by atoms with Crippen LogP contribution >= 0.6 is 6.42 Å². The van der Waals surface area contributed by atoms with Crippen molar-refractivity contribution in [2.24, 2.45) is 0 Å². The molecule has 1 heterocycles. The summed E-state index contributed by atoms with van der Waals surface area (Å²) in [5.74, 6) is 0. The summed E-state index contributed by atoms with van der Waals surface area (Å²) in [5.41, 5.74) is 0. The standard InChI is InChI=1S/C6H14NOPS/c1-6-4-5-9(10,8-6)7(2)3/h6H,4-5H2,1-3H3. The second kappa shape index (κ2) is 2.90. The summed E-state index contributed by atoms with van der Waals surface area (Å²) in [7, 11) is 4.03. The third kappa shape index (κ3) is 1.59. The highest BCUT2D eigenvalue weighted by Crippen LogP contribution is 2.55. The van der Waals surface area contributed by atoms with Crippen molar-refractivity contribution in [3.8, 4) is 0 Å². The van der Waals surface area contributed by atoms with Crippen LogP contribution in [0.4, 0.5) is 0 Å². The maximum Gasteiger partial charge on any atom is 0.131 e. The molecule has 60 valence electrons. The molecular formula is C6H14NOPS. The molecule has 0 bridgehead atoms. The zero-order valence-electron chi connectivity index (χ0n) is 6.70. The van der Waals surface area contributed by atoms with Gasteiger partial charge in [-0.15, -0.1) is 0 Å². The number of nitrogens with zero attached hydrogens (tertiary/aromatic N) is 1. The van der Waals surface area contributed by atoms with Crippen molar-refractivity contribution in [1.82, 2.24) is 4.67 Å². The van der Waals surface area contributed by atoms with Crippen molar-refractivity contribution in [1.29, 1.82) is 0 Å². The van der Waals surface area contributed by atoms with E-state index in [1.54, 1.807) is 0 Å². The van der Waals surface area contributed by atoms with Gasteiger partial charge in [-0.3, -0.25) is 4.67 Å². The van der Waals surface area contributed by atoms with Crippen LogP contribution in [-0.2, 0) is 16.3 Å². The van der Waals surface area contributed by atoms with Crippen molar-refractivity contribution in [3.63, 3.8) is 0 Å². The number of rotatable bonds is 1. The van der Waals surface area contributed by atoms with Crippen LogP contribution in [0.2, 0.25) is 0 Å². The quantitative estimate of drug-likeness (QED) is 0.568. The van der Waals surface area contributed by atoms with E-state index < -0.39 is 6.42 Å². The first-order chi connectivity index (χ1) is 4.54. The minimum absolute atomic E-state index is 0.383. The van der Waals surface area contributed by atoms with Gasteiger partial charge in [-0.05, 0) is 27.4 Å². The fourth-order valence-corrected chi connectivity index (χ4v) is 3.83. The molecule has 0 saturated carbocycles. The van der Waals surface area contributed by atoms with E-state index in [1.807, 2.05) is 14.1 Å². The number of hydrogen-bond donors (Lipinski definition) is 0. The molecule has 1 rings (SSSR count). The molecule has 0 aromatic rings. The van der Waals surface area contributed by atoms with E-state index in [2.05, 4.69) is 11.6 Å². The molecule has 10 heavy (non-hydrogen) atoms. The molecule has 1 saturated heterocycles. The third-order valence-electron chi connectivity index (χ3n) is 1.77. The molecule has 1 fully saturated rings. The molecular weight excluding hydrogens is 165 g/mol. The van der Waals surface area contributed by atoms with Gasteiger partial charge in [0.15, 0.2) is 0 Å². The Morgan fingerprint density at radius 1 is 1.60 bits per heavy atom. The van der Waals surface area contributed by atoms with Crippen LogP contribution in [0.15, 0.2) is 0 Å². The second-order valence-electron chi connectivity index (χ2n) is 2.91. The summed E-state index contributed by atoms with van der Waals surface area (Å²) in [6.07, 6.45) is 1.07. The molecule has 2 atom stereocenters. The van der Waals surface area contributed by atoms with Crippen LogP contribution in [0, 0.1) is 0 Å². The summed E-state index contributed by atoms with van der Waals surface area (Å²) in [6.45, 7) is 2.09. The Hall–Kier alpha value is 0.570. The minimum Gasteiger partial charge on any atom is -0.335 e. The Labute approximate surface area is 67.7 Å². The maximum absolute atomic E-state index is 5.66. The van der Waals surface area contributed by atoms with Crippen molar-refractivity contribution in [3.05, 3.63) is 0 Å². The van der Waals surface area contributed by atoms with Crippen molar-refractivity contribution >= 4 is 18.2 Å². The molecule has 0 aromatic heterocycles. The monoisotopic (exact) mass is 179 g/mol. The first-order valence-electron chi connectivity index (χ1n) is 3.50. The summed E-state index contributed by atoms with van der Waals surface area (Å²) in [6, 6.07) is 0. The fourth-order valence-electron chi connectivity index (χ4n) is 1.03. The van der Waals surface area contributed by atoms with E-state index >= 15 is 0 Å². The van der Waals surface area contributed by atoms with E-state index in [9.17, 15) is 0 Å². The zero-order chi connectivity index (χ0) is 7.78. The lowest BCUT2D eigenvalue weighted by atomic mass is 10.3. The molecule has 4 heteroatoms. The highest BCUT2D eigenvalue weighted by molar-refractivity contribution is 8.11. The Morgan fingerprint density at radius 3 is 2.40 bits per heavy atom. The Kier molecular flexibility index (Phi) is 2.51. The molecule has 1 aliphatic rings. The summed E-state index contributed by atoms with van der Waals surface area (Å²) < 4.78 is 7.74. The molecule has 0 N–H and O–H groups in total. The molecule has 0 aliphatic carbocycles. The lowest BCUT2D eigenvalue weighted by Gasteiger charge is -2.23. The van der Waals surface area contributed by atoms with Gasteiger partial charge < -0.3 is 4.52 Å². The first kappa shape index (κ1) is 8.66. The van der Waals surface area contributed by atoms with E-state index in [-0.39, 0.29) is 0 Å². The van der Waals surface area contributed by atoms with Crippen LogP contribution in [0.25, 0.3) is 0 Å². The predicted molar refractivity (Wildman–Crippen MR) is 48.0 cm³/mol. The Morgan fingerprint density at radius 2 is 2.20 bits per heavy atom. The van der Waals surface area contributed by atoms with Crippen LogP contribution in [0.5, 0.6) is 0 Å². The first-order valence-corrected chi connectivity index (χ1v) is 6.36. The SMILES string of the molecule is CC1CCP(=S)(N(C)C)O1. The average Bonchev–Trinajstić information content (AvgIpc) is 2.13. The summed E-state index contributed by atoms with van der Waals surface area (Å²) >= 11 is 5.38. The van der Waals surface area contributed by atoms with Gasteiger partial charge in [0.25, 0.3) is 0 Å². The average molecular weight is 179 g/mol. The van der Waals surface area contributed by atoms with Crippen LogP contribution in [0.1, 0.15) is 13.3 Å². The maximum atomic E-state index is 5.66. The summed E-state index contributed by atoms with van der Waals surface area (Å²) in [4.78, 5) is 0. The lowest BCUT2D eigenvalue weighted by Crippen LogP contribution is -2.08. The van der Waals surface area contributed by atoms with Crippen LogP contribution in [0.3, 0.4) is 0 Å². The minimum atomic E-state index is -1.53. The van der Waals surface area contributed by atoms with Gasteiger partial charge in [-0.25, -0.2) is 0 Å². The van der Waals surface area contributed by atoms with Gasteiger partial charge in [0, 0.05) is 6.16 Å². The van der Waals surface area contributed by atoms with Crippen molar-refractivity contribution in [2.75, 3.05) is 20.3 Å². The molecule has 0 amide bonds. The highest BCUT2D eigenvalue weighted by atomic mass is 32.4. The van der Waals surface area contributed by atoms with Crippen LogP contribution < -0.4 is 0 Å². The lowest BCUT2D eigenvalue weighted by molar-refractivity contribution is 0.260. The van der Waals surface area contributed by atoms with Gasteiger partial charge in [0.2, 0.25) is 0 Å². The smallest absolute Gasteiger partial charge is 0.131 e. The molecule has 2 nitrogen and oxygen atoms in total. The van der Waals surface area contributed by atoms with Gasteiger partial charge >= 0.3 is 0 Å². The Balaban J connectivity index is 2.64. The highest BCUT2D eigenvalue weighted by Gasteiger charge is 2.30. The van der Waals surface area contributed by atoms with E-state index in [1.165, 1.54) is 0 Å². The molecule has 0 spiro atoms. The Bertz CT molecular complexity index is 171. The number of hydrogen-bond acceptors (Lipinski definition) is 2. The third-order valence-corrected chi connectivity index (χ3v) is 6.29.